The number of nitrogens with zero attached hydrogens (tertiary/aromatic N) is 1. The van der Waals surface area contributed by atoms with Gasteiger partial charge in [-0.2, -0.15) is 21.6 Å². The molecule has 0 fully saturated rings. The van der Waals surface area contributed by atoms with Crippen LogP contribution in [0.2, 0.25) is 0 Å². The van der Waals surface area contributed by atoms with Gasteiger partial charge in [-0.05, 0) is 29.1 Å². The molecule has 0 spiro atoms. The Bertz CT molecular complexity index is 1530. The number of rotatable bonds is 7. The number of hydrogen-bond acceptors (Lipinski definition) is 4. The molecule has 36 heavy (non-hydrogen) atoms. The normalized spacial score (nSPS) is 12.0. The number of anilines is 1. The molecular formula is C25H17F4NO5S. The highest BCUT2D eigenvalue weighted by Gasteiger charge is 2.42. The fourth-order valence-electron chi connectivity index (χ4n) is 3.61. The zero-order valence-electron chi connectivity index (χ0n) is 18.2. The molecule has 0 heterocycles. The number of carboxylic acids is 1. The van der Waals surface area contributed by atoms with Crippen molar-refractivity contribution in [3.8, 4) is 0 Å². The monoisotopic (exact) mass is 519 g/mol. The third-order valence-corrected chi connectivity index (χ3v) is 6.91. The number of halogens is 4. The van der Waals surface area contributed by atoms with Gasteiger partial charge >= 0.3 is 12.1 Å². The van der Waals surface area contributed by atoms with Gasteiger partial charge in [0.15, 0.2) is 5.82 Å². The van der Waals surface area contributed by atoms with E-state index >= 15 is 4.39 Å². The van der Waals surface area contributed by atoms with Gasteiger partial charge in [-0.3, -0.25) is 4.84 Å². The molecule has 0 aromatic heterocycles. The van der Waals surface area contributed by atoms with Crippen LogP contribution in [0, 0.1) is 5.82 Å². The van der Waals surface area contributed by atoms with E-state index in [-0.39, 0.29) is 9.85 Å². The lowest BCUT2D eigenvalue weighted by atomic mass is 10.1. The molecule has 0 aliphatic carbocycles. The molecule has 0 amide bonds. The topological polar surface area (TPSA) is 83.9 Å². The fraction of sp³-hybridized carbons (Fsp3) is 0.0800. The first-order valence-electron chi connectivity index (χ1n) is 10.3. The summed E-state index contributed by atoms with van der Waals surface area (Å²) in [5.74, 6) is -3.79. The van der Waals surface area contributed by atoms with E-state index in [0.29, 0.717) is 23.1 Å². The third-order valence-electron chi connectivity index (χ3n) is 5.27. The van der Waals surface area contributed by atoms with Crippen LogP contribution < -0.4 is 4.47 Å². The minimum atomic E-state index is -5.24. The maximum Gasteiger partial charge on any atom is 0.418 e. The van der Waals surface area contributed by atoms with Crippen molar-refractivity contribution in [3.63, 3.8) is 0 Å². The second kappa shape index (κ2) is 9.59. The van der Waals surface area contributed by atoms with E-state index in [1.165, 1.54) is 30.3 Å². The number of sulfonamides is 1. The molecule has 4 aromatic carbocycles. The summed E-state index contributed by atoms with van der Waals surface area (Å²) in [4.78, 5) is 16.4. The standard InChI is InChI=1S/C25H17F4NO5S/c26-22-19(24(31)32)13-14-20(25(27,28)29)23(22)30(35-15-16-7-2-1-3-8-16)36(33,34)21-12-6-10-17-9-4-5-11-18(17)21/h1-14H,15H2,(H,31,32). The van der Waals surface area contributed by atoms with Crippen LogP contribution in [0.3, 0.4) is 0 Å². The first-order chi connectivity index (χ1) is 17.0. The van der Waals surface area contributed by atoms with Gasteiger partial charge in [0.25, 0.3) is 10.0 Å². The molecule has 0 aliphatic heterocycles. The lowest BCUT2D eigenvalue weighted by Crippen LogP contribution is -2.34. The van der Waals surface area contributed by atoms with Crippen molar-refractivity contribution in [3.05, 3.63) is 107 Å². The number of carboxylic acid groups (broad SMARTS) is 1. The Morgan fingerprint density at radius 3 is 2.19 bits per heavy atom. The molecule has 0 saturated carbocycles. The van der Waals surface area contributed by atoms with E-state index < -0.39 is 56.3 Å². The van der Waals surface area contributed by atoms with Gasteiger partial charge in [-0.1, -0.05) is 66.7 Å². The summed E-state index contributed by atoms with van der Waals surface area (Å²) in [5, 5.41) is 9.91. The van der Waals surface area contributed by atoms with Crippen molar-refractivity contribution in [1.82, 2.24) is 0 Å². The van der Waals surface area contributed by atoms with Crippen LogP contribution >= 0.6 is 0 Å². The number of alkyl halides is 3. The average molecular weight is 519 g/mol. The van der Waals surface area contributed by atoms with Gasteiger partial charge in [-0.25, -0.2) is 9.18 Å². The summed E-state index contributed by atoms with van der Waals surface area (Å²) in [6, 6.07) is 18.9. The van der Waals surface area contributed by atoms with Crippen LogP contribution in [-0.4, -0.2) is 19.5 Å². The largest absolute Gasteiger partial charge is 0.478 e. The van der Waals surface area contributed by atoms with Crippen LogP contribution in [-0.2, 0) is 27.6 Å². The molecule has 0 saturated heterocycles. The predicted octanol–water partition coefficient (Wildman–Crippen LogP) is 6.02. The van der Waals surface area contributed by atoms with E-state index in [0.717, 1.165) is 6.07 Å². The molecule has 0 atom stereocenters. The van der Waals surface area contributed by atoms with E-state index in [9.17, 15) is 31.5 Å². The number of carbonyl (C=O) groups is 1. The van der Waals surface area contributed by atoms with Gasteiger partial charge in [-0.15, -0.1) is 4.47 Å². The van der Waals surface area contributed by atoms with Crippen LogP contribution in [0.15, 0.2) is 89.8 Å². The molecule has 11 heteroatoms. The summed E-state index contributed by atoms with van der Waals surface area (Å²) in [6.45, 7) is -0.557. The number of aromatic carboxylic acids is 1. The van der Waals surface area contributed by atoms with E-state index in [1.54, 1.807) is 36.4 Å². The van der Waals surface area contributed by atoms with Crippen molar-refractivity contribution in [2.45, 2.75) is 17.7 Å². The molecule has 6 nitrogen and oxygen atoms in total. The smallest absolute Gasteiger partial charge is 0.418 e. The predicted molar refractivity (Wildman–Crippen MR) is 123 cm³/mol. The SMILES string of the molecule is O=C(O)c1ccc(C(F)(F)F)c(N(OCc2ccccc2)S(=O)(=O)c2cccc3ccccc23)c1F. The van der Waals surface area contributed by atoms with Crippen LogP contribution in [0.1, 0.15) is 21.5 Å². The molecule has 1 N–H and O–H groups in total. The molecule has 0 radical (unpaired) electrons. The Hall–Kier alpha value is -3.96. The Balaban J connectivity index is 1.99. The summed E-state index contributed by atoms with van der Waals surface area (Å²) in [6.07, 6.45) is -5.24. The molecule has 0 bridgehead atoms. The Kier molecular flexibility index (Phi) is 6.70. The quantitative estimate of drug-likeness (QED) is 0.238. The lowest BCUT2D eigenvalue weighted by molar-refractivity contribution is -0.137. The summed E-state index contributed by atoms with van der Waals surface area (Å²) >= 11 is 0. The first-order valence-corrected chi connectivity index (χ1v) is 11.8. The van der Waals surface area contributed by atoms with Crippen molar-refractivity contribution < 1.29 is 40.7 Å². The lowest BCUT2D eigenvalue weighted by Gasteiger charge is -2.27. The van der Waals surface area contributed by atoms with Crippen molar-refractivity contribution in [2.24, 2.45) is 0 Å². The second-order valence-electron chi connectivity index (χ2n) is 7.59. The summed E-state index contributed by atoms with van der Waals surface area (Å²) < 4.78 is 84.6. The molecule has 186 valence electrons. The molecular weight excluding hydrogens is 502 g/mol. The van der Waals surface area contributed by atoms with Crippen LogP contribution in [0.25, 0.3) is 10.8 Å². The van der Waals surface area contributed by atoms with Crippen molar-refractivity contribution >= 4 is 32.5 Å². The number of benzene rings is 4. The minimum Gasteiger partial charge on any atom is -0.478 e. The Morgan fingerprint density at radius 1 is 0.889 bits per heavy atom. The summed E-state index contributed by atoms with van der Waals surface area (Å²) in [7, 11) is -5.02. The Labute approximate surface area is 203 Å². The van der Waals surface area contributed by atoms with E-state index in [4.69, 9.17) is 4.84 Å². The van der Waals surface area contributed by atoms with Crippen molar-refractivity contribution in [2.75, 3.05) is 4.47 Å². The van der Waals surface area contributed by atoms with Gasteiger partial charge in [0.2, 0.25) is 0 Å². The van der Waals surface area contributed by atoms with E-state index in [2.05, 4.69) is 0 Å². The maximum atomic E-state index is 15.4. The third kappa shape index (κ3) is 4.75. The van der Waals surface area contributed by atoms with E-state index in [1.807, 2.05) is 0 Å². The highest BCUT2D eigenvalue weighted by atomic mass is 32.2. The highest BCUT2D eigenvalue weighted by molar-refractivity contribution is 7.92. The van der Waals surface area contributed by atoms with Gasteiger partial charge in [0, 0.05) is 5.39 Å². The molecule has 0 unspecified atom stereocenters. The summed E-state index contributed by atoms with van der Waals surface area (Å²) in [5.41, 5.74) is -4.08. The van der Waals surface area contributed by atoms with Gasteiger partial charge in [0.05, 0.1) is 16.0 Å². The van der Waals surface area contributed by atoms with Gasteiger partial charge < -0.3 is 5.11 Å². The zero-order chi connectivity index (χ0) is 26.1. The molecule has 4 rings (SSSR count). The molecule has 4 aromatic rings. The minimum absolute atomic E-state index is 0.150. The first kappa shape index (κ1) is 25.1. The number of fused-ring (bicyclic) bond motifs is 1. The maximum absolute atomic E-state index is 15.4. The van der Waals surface area contributed by atoms with Crippen molar-refractivity contribution in [1.29, 1.82) is 0 Å². The van der Waals surface area contributed by atoms with Crippen LogP contribution in [0.4, 0.5) is 23.2 Å². The Morgan fingerprint density at radius 2 is 1.53 bits per heavy atom. The zero-order valence-corrected chi connectivity index (χ0v) is 19.1. The number of hydrogen-bond donors (Lipinski definition) is 1. The fourth-order valence-corrected chi connectivity index (χ4v) is 5.11. The van der Waals surface area contributed by atoms with Crippen LogP contribution in [0.5, 0.6) is 0 Å². The highest BCUT2D eigenvalue weighted by Crippen LogP contribution is 2.42. The second-order valence-corrected chi connectivity index (χ2v) is 9.32. The molecule has 0 aliphatic rings. The van der Waals surface area contributed by atoms with Gasteiger partial charge in [0.1, 0.15) is 12.3 Å². The average Bonchev–Trinajstić information content (AvgIpc) is 2.84.